The van der Waals surface area contributed by atoms with Gasteiger partial charge in [-0.1, -0.05) is 20.3 Å². The molecular formula is C10H23NP+. The van der Waals surface area contributed by atoms with Crippen molar-refractivity contribution in [3.8, 4) is 0 Å². The minimum atomic E-state index is -0.593. The fourth-order valence-corrected chi connectivity index (χ4v) is 5.48. The Morgan fingerprint density at radius 3 is 2.67 bits per heavy atom. The lowest BCUT2D eigenvalue weighted by Crippen LogP contribution is -2.08. The minimum Gasteiger partial charge on any atom is -0.192 e. The molecule has 12 heavy (non-hydrogen) atoms. The normalized spacial score (nSPS) is 36.5. The fraction of sp³-hybridized carbons (Fsp3) is 1.00. The Morgan fingerprint density at radius 2 is 2.17 bits per heavy atom. The first kappa shape index (κ1) is 10.5. The maximum absolute atomic E-state index is 3.69. The van der Waals surface area contributed by atoms with Crippen molar-refractivity contribution in [2.45, 2.75) is 39.3 Å². The van der Waals surface area contributed by atoms with E-state index in [2.05, 4.69) is 32.5 Å². The van der Waals surface area contributed by atoms with Gasteiger partial charge in [-0.2, -0.15) is 5.09 Å². The molecule has 0 saturated carbocycles. The molecule has 1 N–H and O–H groups in total. The van der Waals surface area contributed by atoms with E-state index in [1.165, 1.54) is 25.5 Å². The van der Waals surface area contributed by atoms with Crippen molar-refractivity contribution in [3.05, 3.63) is 0 Å². The van der Waals surface area contributed by atoms with Crippen molar-refractivity contribution in [2.24, 2.45) is 5.92 Å². The van der Waals surface area contributed by atoms with E-state index in [0.29, 0.717) is 0 Å². The van der Waals surface area contributed by atoms with Crippen LogP contribution in [0.5, 0.6) is 0 Å². The Morgan fingerprint density at radius 1 is 1.50 bits per heavy atom. The Labute approximate surface area is 77.7 Å². The lowest BCUT2D eigenvalue weighted by Gasteiger charge is -2.07. The molecule has 72 valence electrons. The van der Waals surface area contributed by atoms with Crippen molar-refractivity contribution in [1.82, 2.24) is 5.09 Å². The summed E-state index contributed by atoms with van der Waals surface area (Å²) in [4.78, 5) is 0. The summed E-state index contributed by atoms with van der Waals surface area (Å²) in [6.45, 7) is 10.6. The molecule has 0 aromatic heterocycles. The van der Waals surface area contributed by atoms with Crippen LogP contribution in [-0.2, 0) is 0 Å². The van der Waals surface area contributed by atoms with Gasteiger partial charge in [0.15, 0.2) is 0 Å². The quantitative estimate of drug-likeness (QED) is 0.654. The molecule has 1 nitrogen and oxygen atoms in total. The highest BCUT2D eigenvalue weighted by molar-refractivity contribution is 7.81. The maximum atomic E-state index is 3.69. The third-order valence-electron chi connectivity index (χ3n) is 3.15. The van der Waals surface area contributed by atoms with Gasteiger partial charge >= 0.3 is 0 Å². The largest absolute Gasteiger partial charge is 0.192 e. The fourth-order valence-electron chi connectivity index (χ4n) is 1.88. The Kier molecular flexibility index (Phi) is 3.55. The van der Waals surface area contributed by atoms with E-state index < -0.39 is 7.41 Å². The van der Waals surface area contributed by atoms with Crippen LogP contribution in [0.4, 0.5) is 0 Å². The van der Waals surface area contributed by atoms with E-state index >= 15 is 0 Å². The molecule has 2 heteroatoms. The van der Waals surface area contributed by atoms with Crippen LogP contribution in [0.1, 0.15) is 33.6 Å². The highest BCUT2D eigenvalue weighted by Crippen LogP contribution is 2.73. The van der Waals surface area contributed by atoms with Gasteiger partial charge in [-0.15, -0.1) is 0 Å². The first-order chi connectivity index (χ1) is 5.62. The lowest BCUT2D eigenvalue weighted by molar-refractivity contribution is 0.527. The number of hydrogen-bond donors (Lipinski definition) is 1. The Bertz CT molecular complexity index is 149. The van der Waals surface area contributed by atoms with Gasteiger partial charge in [-0.3, -0.25) is 0 Å². The molecule has 1 rings (SSSR count). The number of hydrogen-bond acceptors (Lipinski definition) is 1. The Hall–Kier alpha value is 0.390. The van der Waals surface area contributed by atoms with Gasteiger partial charge in [0, 0.05) is 6.54 Å². The summed E-state index contributed by atoms with van der Waals surface area (Å²) in [6.07, 6.45) is 4.32. The van der Waals surface area contributed by atoms with Gasteiger partial charge in [0.25, 0.3) is 0 Å². The zero-order valence-electron chi connectivity index (χ0n) is 8.93. The first-order valence-electron chi connectivity index (χ1n) is 5.22. The van der Waals surface area contributed by atoms with Crippen LogP contribution in [0.3, 0.4) is 0 Å². The van der Waals surface area contributed by atoms with Crippen molar-refractivity contribution in [1.29, 1.82) is 0 Å². The smallest absolute Gasteiger partial charge is 0.120 e. The molecule has 0 radical (unpaired) electrons. The van der Waals surface area contributed by atoms with Crippen molar-refractivity contribution in [3.63, 3.8) is 0 Å². The zero-order valence-corrected chi connectivity index (χ0v) is 9.82. The Balaban J connectivity index is 2.22. The molecule has 1 fully saturated rings. The predicted octanol–water partition coefficient (Wildman–Crippen LogP) is 2.98. The summed E-state index contributed by atoms with van der Waals surface area (Å²) in [7, 11) is -0.593. The van der Waals surface area contributed by atoms with Crippen LogP contribution >= 0.6 is 7.41 Å². The van der Waals surface area contributed by atoms with Gasteiger partial charge in [0.05, 0.1) is 14.1 Å². The summed E-state index contributed by atoms with van der Waals surface area (Å²) in [5.41, 5.74) is 1.06. The number of nitrogens with one attached hydrogen (secondary N) is 1. The van der Waals surface area contributed by atoms with Gasteiger partial charge in [-0.05, 0) is 19.3 Å². The van der Waals surface area contributed by atoms with Gasteiger partial charge in [-0.25, -0.2) is 0 Å². The standard InChI is InChI=1S/C10H23NP/c1-5-9(3)7-10-8-12(10,4)11-6-2/h9-11H,5-8H2,1-4H3/q+1. The van der Waals surface area contributed by atoms with Crippen LogP contribution < -0.4 is 5.09 Å². The molecular weight excluding hydrogens is 165 g/mol. The van der Waals surface area contributed by atoms with Crippen LogP contribution in [0.2, 0.25) is 0 Å². The second kappa shape index (κ2) is 4.07. The monoisotopic (exact) mass is 188 g/mol. The summed E-state index contributed by atoms with van der Waals surface area (Å²) < 4.78 is 0. The summed E-state index contributed by atoms with van der Waals surface area (Å²) >= 11 is 0. The average Bonchev–Trinajstić information content (AvgIpc) is 2.62. The molecule has 0 aliphatic carbocycles. The summed E-state index contributed by atoms with van der Waals surface area (Å²) in [5.74, 6) is 0.940. The van der Waals surface area contributed by atoms with Gasteiger partial charge in [0.2, 0.25) is 0 Å². The van der Waals surface area contributed by atoms with Crippen LogP contribution in [0.25, 0.3) is 0 Å². The third-order valence-corrected chi connectivity index (χ3v) is 6.93. The van der Waals surface area contributed by atoms with E-state index in [0.717, 1.165) is 11.6 Å². The molecule has 1 saturated heterocycles. The van der Waals surface area contributed by atoms with Gasteiger partial charge in [0.1, 0.15) is 11.8 Å². The molecule has 1 heterocycles. The topological polar surface area (TPSA) is 12.0 Å². The SMILES string of the molecule is CCN[P+]1(C)CC1CC(C)CC. The molecule has 0 aromatic rings. The van der Waals surface area contributed by atoms with Crippen molar-refractivity contribution < 1.29 is 0 Å². The molecule has 3 unspecified atom stereocenters. The van der Waals surface area contributed by atoms with E-state index in [4.69, 9.17) is 0 Å². The van der Waals surface area contributed by atoms with E-state index in [9.17, 15) is 0 Å². The van der Waals surface area contributed by atoms with E-state index in [1.807, 2.05) is 0 Å². The van der Waals surface area contributed by atoms with Crippen LogP contribution in [0, 0.1) is 5.92 Å². The average molecular weight is 188 g/mol. The molecule has 1 aliphatic heterocycles. The molecule has 0 amide bonds. The molecule has 0 bridgehead atoms. The van der Waals surface area contributed by atoms with E-state index in [-0.39, 0.29) is 0 Å². The zero-order chi connectivity index (χ0) is 9.19. The van der Waals surface area contributed by atoms with E-state index in [1.54, 1.807) is 0 Å². The van der Waals surface area contributed by atoms with Crippen molar-refractivity contribution >= 4 is 7.41 Å². The van der Waals surface area contributed by atoms with Crippen molar-refractivity contribution in [2.75, 3.05) is 19.4 Å². The second-order valence-electron chi connectivity index (χ2n) is 4.37. The second-order valence-corrected chi connectivity index (χ2v) is 8.31. The summed E-state index contributed by atoms with van der Waals surface area (Å²) in [6, 6.07) is 0. The molecule has 0 spiro atoms. The highest BCUT2D eigenvalue weighted by atomic mass is 31.2. The predicted molar refractivity (Wildman–Crippen MR) is 59.2 cm³/mol. The number of rotatable bonds is 5. The van der Waals surface area contributed by atoms with Crippen LogP contribution in [0.15, 0.2) is 0 Å². The minimum absolute atomic E-state index is 0.593. The van der Waals surface area contributed by atoms with Gasteiger partial charge < -0.3 is 0 Å². The maximum Gasteiger partial charge on any atom is 0.120 e. The molecule has 1 aliphatic rings. The molecule has 3 atom stereocenters. The molecule has 0 aromatic carbocycles. The first-order valence-corrected chi connectivity index (χ1v) is 7.71. The highest BCUT2D eigenvalue weighted by Gasteiger charge is 2.59. The van der Waals surface area contributed by atoms with Crippen LogP contribution in [-0.4, -0.2) is 25.0 Å². The summed E-state index contributed by atoms with van der Waals surface area (Å²) in [5, 5.41) is 3.69. The lowest BCUT2D eigenvalue weighted by atomic mass is 10.0. The third kappa shape index (κ3) is 2.44.